The van der Waals surface area contributed by atoms with E-state index >= 15 is 0 Å². The molecule has 2 amide bonds. The predicted octanol–water partition coefficient (Wildman–Crippen LogP) is -3.92. The van der Waals surface area contributed by atoms with Gasteiger partial charge in [0.2, 0.25) is 0 Å². The van der Waals surface area contributed by atoms with Gasteiger partial charge in [-0.05, 0) is 11.1 Å². The number of hydrogen-bond acceptors (Lipinski definition) is 5. The van der Waals surface area contributed by atoms with Crippen LogP contribution >= 0.6 is 0 Å². The van der Waals surface area contributed by atoms with Crippen molar-refractivity contribution in [3.05, 3.63) is 35.4 Å². The Kier molecular flexibility index (Phi) is 4.06. The van der Waals surface area contributed by atoms with Gasteiger partial charge < -0.3 is 14.8 Å². The fourth-order valence-electron chi connectivity index (χ4n) is 2.78. The Balaban J connectivity index is 0.00000161. The van der Waals surface area contributed by atoms with Crippen LogP contribution in [0.15, 0.2) is 24.3 Å². The monoisotopic (exact) mass is 320 g/mol. The minimum absolute atomic E-state index is 0. The smallest absolute Gasteiger partial charge is 0.548 e. The molecule has 8 nitrogen and oxygen atoms in total. The van der Waals surface area contributed by atoms with Gasteiger partial charge in [0.15, 0.2) is 0 Å². The number of rotatable bonds is 2. The summed E-state index contributed by atoms with van der Waals surface area (Å²) in [4.78, 5) is 24.2. The Morgan fingerprint density at radius 2 is 1.86 bits per heavy atom. The van der Waals surface area contributed by atoms with Crippen molar-refractivity contribution in [1.82, 2.24) is 9.21 Å². The molecule has 3 rings (SSSR count). The van der Waals surface area contributed by atoms with E-state index in [-0.39, 0.29) is 36.1 Å². The van der Waals surface area contributed by atoms with Gasteiger partial charge >= 0.3 is 45.9 Å². The average molecular weight is 320 g/mol. The maximum absolute atomic E-state index is 12.0. The molecule has 2 aliphatic heterocycles. The molecule has 106 valence electrons. The standard InChI is InChI=1S/C11H10N2O6S.Na/c14-10(15)9-7-4-2-1-3-6(7)8-5-12(9)11(16)13(8)20(17,18)19;/h1-4,8-9H,5H2,(H,14,15)(H,17,18,19);/q;+1/p-1/t8-,9+;/m0./s1. The first kappa shape index (κ1) is 16.2. The van der Waals surface area contributed by atoms with Crippen LogP contribution < -0.4 is 34.7 Å². The van der Waals surface area contributed by atoms with Crippen molar-refractivity contribution in [1.29, 1.82) is 0 Å². The number of carbonyl (C=O) groups excluding carboxylic acids is 2. The van der Waals surface area contributed by atoms with Crippen molar-refractivity contribution in [3.8, 4) is 0 Å². The van der Waals surface area contributed by atoms with Crippen molar-refractivity contribution in [2.24, 2.45) is 0 Å². The molecule has 1 N–H and O–H groups in total. The summed E-state index contributed by atoms with van der Waals surface area (Å²) < 4.78 is 32.2. The predicted molar refractivity (Wildman–Crippen MR) is 62.4 cm³/mol. The molecule has 2 heterocycles. The van der Waals surface area contributed by atoms with E-state index in [4.69, 9.17) is 0 Å². The van der Waals surface area contributed by atoms with E-state index in [1.54, 1.807) is 12.1 Å². The summed E-state index contributed by atoms with van der Waals surface area (Å²) in [5.74, 6) is -1.50. The summed E-state index contributed by atoms with van der Waals surface area (Å²) in [6, 6.07) is 2.86. The quantitative estimate of drug-likeness (QED) is 0.439. The largest absolute Gasteiger partial charge is 1.00 e. The van der Waals surface area contributed by atoms with Crippen molar-refractivity contribution in [2.45, 2.75) is 12.1 Å². The number of carbonyl (C=O) groups is 2. The van der Waals surface area contributed by atoms with E-state index in [1.165, 1.54) is 12.1 Å². The van der Waals surface area contributed by atoms with Gasteiger partial charge in [-0.15, -0.1) is 0 Å². The summed E-state index contributed by atoms with van der Waals surface area (Å²) in [6.45, 7) is -0.131. The summed E-state index contributed by atoms with van der Waals surface area (Å²) in [7, 11) is -4.77. The molecule has 0 aromatic heterocycles. The first-order valence-electron chi connectivity index (χ1n) is 5.69. The SMILES string of the molecule is O=C([O-])[C@H]1c2ccccc2[C@@H]2CN1C(=O)N2S(=O)(=O)O.[Na+]. The van der Waals surface area contributed by atoms with Gasteiger partial charge in [0.1, 0.15) is 0 Å². The van der Waals surface area contributed by atoms with Crippen LogP contribution in [-0.4, -0.2) is 40.7 Å². The third kappa shape index (κ3) is 2.34. The van der Waals surface area contributed by atoms with Crippen LogP contribution in [0.4, 0.5) is 4.79 Å². The second-order valence-corrected chi connectivity index (χ2v) is 5.86. The first-order valence-corrected chi connectivity index (χ1v) is 7.09. The summed E-state index contributed by atoms with van der Waals surface area (Å²) in [5, 5.41) is 11.3. The number of aliphatic carboxylic acids is 1. The number of nitrogens with zero attached hydrogens (tertiary/aromatic N) is 2. The number of carboxylic acids is 1. The van der Waals surface area contributed by atoms with Crippen molar-refractivity contribution < 1.29 is 57.2 Å². The number of carboxylic acid groups (broad SMARTS) is 1. The fraction of sp³-hybridized carbons (Fsp3) is 0.273. The number of urea groups is 1. The number of hydrogen-bond donors (Lipinski definition) is 1. The molecule has 1 aromatic rings. The van der Waals surface area contributed by atoms with Gasteiger partial charge in [-0.3, -0.25) is 4.55 Å². The Morgan fingerprint density at radius 1 is 1.29 bits per heavy atom. The molecule has 21 heavy (non-hydrogen) atoms. The Labute approximate surface area is 142 Å². The number of amides is 2. The van der Waals surface area contributed by atoms with Gasteiger partial charge in [-0.1, -0.05) is 24.3 Å². The Hall–Kier alpha value is -1.13. The molecule has 2 atom stereocenters. The third-order valence-electron chi connectivity index (χ3n) is 3.52. The van der Waals surface area contributed by atoms with Crippen molar-refractivity contribution in [3.63, 3.8) is 0 Å². The molecule has 0 saturated carbocycles. The van der Waals surface area contributed by atoms with Crippen LogP contribution in [-0.2, 0) is 15.1 Å². The van der Waals surface area contributed by atoms with Crippen LogP contribution in [0.1, 0.15) is 23.2 Å². The van der Waals surface area contributed by atoms with Gasteiger partial charge in [0.05, 0.1) is 18.1 Å². The van der Waals surface area contributed by atoms with E-state index in [1.807, 2.05) is 0 Å². The zero-order valence-electron chi connectivity index (χ0n) is 11.0. The maximum atomic E-state index is 12.0. The second kappa shape index (κ2) is 5.25. The van der Waals surface area contributed by atoms with Gasteiger partial charge in [-0.2, -0.15) is 12.7 Å². The molecular formula is C11H9N2NaO6S. The summed E-state index contributed by atoms with van der Waals surface area (Å²) in [5.41, 5.74) is 0.671. The topological polar surface area (TPSA) is 118 Å². The minimum Gasteiger partial charge on any atom is -0.548 e. The summed E-state index contributed by atoms with van der Waals surface area (Å²) >= 11 is 0. The molecule has 1 fully saturated rings. The van der Waals surface area contributed by atoms with E-state index in [0.29, 0.717) is 15.4 Å². The van der Waals surface area contributed by atoms with E-state index in [9.17, 15) is 27.7 Å². The number of benzene rings is 1. The fourth-order valence-corrected chi connectivity index (χ4v) is 3.59. The van der Waals surface area contributed by atoms with E-state index in [0.717, 1.165) is 4.90 Å². The zero-order chi connectivity index (χ0) is 14.7. The van der Waals surface area contributed by atoms with Crippen LogP contribution in [0.3, 0.4) is 0 Å². The summed E-state index contributed by atoms with van der Waals surface area (Å²) in [6.07, 6.45) is 0. The van der Waals surface area contributed by atoms with Crippen LogP contribution in [0.25, 0.3) is 0 Å². The molecule has 0 aliphatic carbocycles. The number of fused-ring (bicyclic) bond motifs is 4. The molecule has 1 aromatic carbocycles. The minimum atomic E-state index is -4.77. The van der Waals surface area contributed by atoms with Crippen LogP contribution in [0, 0.1) is 0 Å². The Morgan fingerprint density at radius 3 is 2.38 bits per heavy atom. The van der Waals surface area contributed by atoms with Gasteiger partial charge in [-0.25, -0.2) is 4.79 Å². The van der Waals surface area contributed by atoms with Gasteiger partial charge in [0.25, 0.3) is 0 Å². The van der Waals surface area contributed by atoms with Crippen molar-refractivity contribution >= 4 is 22.3 Å². The zero-order valence-corrected chi connectivity index (χ0v) is 13.8. The van der Waals surface area contributed by atoms with Crippen LogP contribution in [0.5, 0.6) is 0 Å². The molecule has 1 saturated heterocycles. The average Bonchev–Trinajstić information content (AvgIpc) is 2.63. The van der Waals surface area contributed by atoms with Crippen LogP contribution in [0.2, 0.25) is 0 Å². The van der Waals surface area contributed by atoms with Crippen molar-refractivity contribution in [2.75, 3.05) is 6.54 Å². The molecule has 0 unspecified atom stereocenters. The molecule has 0 radical (unpaired) electrons. The molecule has 0 spiro atoms. The second-order valence-electron chi connectivity index (χ2n) is 4.57. The third-order valence-corrected chi connectivity index (χ3v) is 4.43. The van der Waals surface area contributed by atoms with Gasteiger partial charge in [0, 0.05) is 6.54 Å². The molecule has 2 bridgehead atoms. The van der Waals surface area contributed by atoms with E-state index in [2.05, 4.69) is 0 Å². The first-order chi connectivity index (χ1) is 9.32. The van der Waals surface area contributed by atoms with E-state index < -0.39 is 34.4 Å². The normalized spacial score (nSPS) is 23.6. The molecule has 10 heteroatoms. The maximum Gasteiger partial charge on any atom is 1.00 e. The molecular weight excluding hydrogens is 311 g/mol. The molecule has 2 aliphatic rings. The Bertz CT molecular complexity index is 721.